The van der Waals surface area contributed by atoms with E-state index in [2.05, 4.69) is 30.3 Å². The van der Waals surface area contributed by atoms with Gasteiger partial charge in [-0.15, -0.1) is 10.2 Å². The van der Waals surface area contributed by atoms with E-state index in [9.17, 15) is 9.18 Å². The van der Waals surface area contributed by atoms with Crippen LogP contribution in [0.4, 0.5) is 15.9 Å². The van der Waals surface area contributed by atoms with Gasteiger partial charge < -0.3 is 15.1 Å². The van der Waals surface area contributed by atoms with Gasteiger partial charge in [0, 0.05) is 38.1 Å². The van der Waals surface area contributed by atoms with Crippen LogP contribution in [-0.4, -0.2) is 47.3 Å². The number of rotatable bonds is 5. The van der Waals surface area contributed by atoms with E-state index in [0.717, 1.165) is 43.4 Å². The van der Waals surface area contributed by atoms with Gasteiger partial charge in [-0.25, -0.2) is 4.39 Å². The van der Waals surface area contributed by atoms with Gasteiger partial charge in [0.05, 0.1) is 12.2 Å². The standard InChI is InChI=1S/C21H21FN6O/c22-16-4-6-18(7-5-16)27-11-13-28(14-12-27)20-9-8-19(25-26-20)21(29)24-15-17-3-1-2-10-23-17/h1-10H,11-15H2,(H,24,29). The lowest BCUT2D eigenvalue weighted by atomic mass is 10.2. The van der Waals surface area contributed by atoms with Gasteiger partial charge in [0.1, 0.15) is 5.82 Å². The molecule has 1 fully saturated rings. The fraction of sp³-hybridized carbons (Fsp3) is 0.238. The Bertz CT molecular complexity index is 941. The molecular formula is C21H21FN6O. The third-order valence-corrected chi connectivity index (χ3v) is 4.83. The summed E-state index contributed by atoms with van der Waals surface area (Å²) in [6, 6.07) is 15.6. The Hall–Kier alpha value is -3.55. The highest BCUT2D eigenvalue weighted by Crippen LogP contribution is 2.19. The monoisotopic (exact) mass is 392 g/mol. The van der Waals surface area contributed by atoms with Crippen molar-refractivity contribution in [3.05, 3.63) is 78.0 Å². The number of benzene rings is 1. The molecule has 0 unspecified atom stereocenters. The maximum Gasteiger partial charge on any atom is 0.272 e. The van der Waals surface area contributed by atoms with Crippen molar-refractivity contribution in [1.82, 2.24) is 20.5 Å². The summed E-state index contributed by atoms with van der Waals surface area (Å²) in [5.74, 6) is 0.229. The predicted molar refractivity (Wildman–Crippen MR) is 108 cm³/mol. The van der Waals surface area contributed by atoms with E-state index in [1.807, 2.05) is 24.3 Å². The van der Waals surface area contributed by atoms with Gasteiger partial charge in [0.2, 0.25) is 0 Å². The third-order valence-electron chi connectivity index (χ3n) is 4.83. The van der Waals surface area contributed by atoms with E-state index in [1.54, 1.807) is 24.4 Å². The zero-order valence-corrected chi connectivity index (χ0v) is 15.8. The topological polar surface area (TPSA) is 74.2 Å². The highest BCUT2D eigenvalue weighted by molar-refractivity contribution is 5.92. The van der Waals surface area contributed by atoms with Crippen LogP contribution in [0.15, 0.2) is 60.8 Å². The number of hydrogen-bond acceptors (Lipinski definition) is 6. The molecule has 0 radical (unpaired) electrons. The first-order chi connectivity index (χ1) is 14.2. The fourth-order valence-corrected chi connectivity index (χ4v) is 3.22. The van der Waals surface area contributed by atoms with Crippen LogP contribution in [0.1, 0.15) is 16.2 Å². The summed E-state index contributed by atoms with van der Waals surface area (Å²) in [6.07, 6.45) is 1.69. The van der Waals surface area contributed by atoms with Gasteiger partial charge in [0.15, 0.2) is 11.5 Å². The minimum absolute atomic E-state index is 0.230. The number of nitrogens with one attached hydrogen (secondary N) is 1. The van der Waals surface area contributed by atoms with E-state index in [4.69, 9.17) is 0 Å². The van der Waals surface area contributed by atoms with Gasteiger partial charge in [-0.2, -0.15) is 0 Å². The molecule has 3 heterocycles. The summed E-state index contributed by atoms with van der Waals surface area (Å²) >= 11 is 0. The average molecular weight is 392 g/mol. The molecule has 3 aromatic rings. The first-order valence-electron chi connectivity index (χ1n) is 9.46. The van der Waals surface area contributed by atoms with Crippen molar-refractivity contribution in [3.8, 4) is 0 Å². The second-order valence-corrected chi connectivity index (χ2v) is 6.73. The minimum atomic E-state index is -0.282. The molecule has 7 nitrogen and oxygen atoms in total. The molecule has 1 aliphatic rings. The number of anilines is 2. The van der Waals surface area contributed by atoms with Gasteiger partial charge in [-0.3, -0.25) is 9.78 Å². The highest BCUT2D eigenvalue weighted by Gasteiger charge is 2.19. The number of hydrogen-bond donors (Lipinski definition) is 1. The number of carbonyl (C=O) groups excluding carboxylic acids is 1. The Labute approximate surface area is 168 Å². The molecule has 0 saturated carbocycles. The average Bonchev–Trinajstić information content (AvgIpc) is 2.79. The summed E-state index contributed by atoms with van der Waals surface area (Å²) in [6.45, 7) is 3.50. The van der Waals surface area contributed by atoms with Crippen LogP contribution in [0.5, 0.6) is 0 Å². The van der Waals surface area contributed by atoms with Gasteiger partial charge in [-0.05, 0) is 48.5 Å². The van der Waals surface area contributed by atoms with Crippen LogP contribution < -0.4 is 15.1 Å². The number of amides is 1. The Balaban J connectivity index is 1.31. The smallest absolute Gasteiger partial charge is 0.272 e. The molecule has 0 spiro atoms. The molecule has 1 saturated heterocycles. The number of aromatic nitrogens is 3. The van der Waals surface area contributed by atoms with Crippen molar-refractivity contribution in [3.63, 3.8) is 0 Å². The maximum absolute atomic E-state index is 13.1. The Kier molecular flexibility index (Phi) is 5.60. The minimum Gasteiger partial charge on any atom is -0.368 e. The summed E-state index contributed by atoms with van der Waals surface area (Å²) in [5.41, 5.74) is 2.07. The third kappa shape index (κ3) is 4.66. The molecule has 4 rings (SSSR count). The van der Waals surface area contributed by atoms with Crippen LogP contribution >= 0.6 is 0 Å². The van der Waals surface area contributed by atoms with E-state index >= 15 is 0 Å². The number of piperazine rings is 1. The van der Waals surface area contributed by atoms with Gasteiger partial charge in [0.25, 0.3) is 5.91 Å². The lowest BCUT2D eigenvalue weighted by Crippen LogP contribution is -2.47. The number of pyridine rings is 1. The second-order valence-electron chi connectivity index (χ2n) is 6.73. The molecule has 148 valence electrons. The normalized spacial score (nSPS) is 14.0. The van der Waals surface area contributed by atoms with Crippen LogP contribution in [0.25, 0.3) is 0 Å². The lowest BCUT2D eigenvalue weighted by Gasteiger charge is -2.36. The molecule has 0 aliphatic carbocycles. The zero-order chi connectivity index (χ0) is 20.1. The largest absolute Gasteiger partial charge is 0.368 e. The number of nitrogens with zero attached hydrogens (tertiary/aromatic N) is 5. The van der Waals surface area contributed by atoms with Gasteiger partial charge in [-0.1, -0.05) is 6.07 Å². The molecule has 1 amide bonds. The lowest BCUT2D eigenvalue weighted by molar-refractivity contribution is 0.0944. The molecule has 29 heavy (non-hydrogen) atoms. The molecule has 2 aromatic heterocycles. The SMILES string of the molecule is O=C(NCc1ccccn1)c1ccc(N2CCN(c3ccc(F)cc3)CC2)nn1. The Morgan fingerprint density at radius 3 is 2.34 bits per heavy atom. The summed E-state index contributed by atoms with van der Waals surface area (Å²) < 4.78 is 13.1. The number of halogens is 1. The Morgan fingerprint density at radius 1 is 0.931 bits per heavy atom. The van der Waals surface area contributed by atoms with Crippen LogP contribution in [0, 0.1) is 5.82 Å². The second kappa shape index (κ2) is 8.64. The van der Waals surface area contributed by atoms with E-state index in [1.165, 1.54) is 12.1 Å². The molecule has 1 aromatic carbocycles. The van der Waals surface area contributed by atoms with Crippen LogP contribution in [0.3, 0.4) is 0 Å². The van der Waals surface area contributed by atoms with E-state index < -0.39 is 0 Å². The molecule has 0 bridgehead atoms. The van der Waals surface area contributed by atoms with Crippen molar-refractivity contribution in [2.24, 2.45) is 0 Å². The first kappa shape index (κ1) is 18.8. The summed E-state index contributed by atoms with van der Waals surface area (Å²) in [5, 5.41) is 11.1. The van der Waals surface area contributed by atoms with Crippen LogP contribution in [-0.2, 0) is 6.54 Å². The molecular weight excluding hydrogens is 371 g/mol. The first-order valence-corrected chi connectivity index (χ1v) is 9.46. The fourth-order valence-electron chi connectivity index (χ4n) is 3.22. The van der Waals surface area contributed by atoms with E-state index in [0.29, 0.717) is 6.54 Å². The molecule has 1 N–H and O–H groups in total. The van der Waals surface area contributed by atoms with Gasteiger partial charge >= 0.3 is 0 Å². The Morgan fingerprint density at radius 2 is 1.69 bits per heavy atom. The maximum atomic E-state index is 13.1. The van der Waals surface area contributed by atoms with Crippen molar-refractivity contribution >= 4 is 17.4 Å². The number of carbonyl (C=O) groups is 1. The van der Waals surface area contributed by atoms with Crippen LogP contribution in [0.2, 0.25) is 0 Å². The predicted octanol–water partition coefficient (Wildman–Crippen LogP) is 2.27. The summed E-state index contributed by atoms with van der Waals surface area (Å²) in [7, 11) is 0. The molecule has 1 aliphatic heterocycles. The van der Waals surface area contributed by atoms with Crippen molar-refractivity contribution in [2.45, 2.75) is 6.54 Å². The van der Waals surface area contributed by atoms with E-state index in [-0.39, 0.29) is 17.4 Å². The highest BCUT2D eigenvalue weighted by atomic mass is 19.1. The van der Waals surface area contributed by atoms with Crippen molar-refractivity contribution in [2.75, 3.05) is 36.0 Å². The van der Waals surface area contributed by atoms with Crippen molar-refractivity contribution in [1.29, 1.82) is 0 Å². The molecule has 0 atom stereocenters. The summed E-state index contributed by atoms with van der Waals surface area (Å²) in [4.78, 5) is 20.8. The quantitative estimate of drug-likeness (QED) is 0.718. The zero-order valence-electron chi connectivity index (χ0n) is 15.8. The van der Waals surface area contributed by atoms with Crippen molar-refractivity contribution < 1.29 is 9.18 Å². The molecule has 8 heteroatoms.